The van der Waals surface area contributed by atoms with Crippen molar-refractivity contribution in [2.75, 3.05) is 0 Å². The summed E-state index contributed by atoms with van der Waals surface area (Å²) in [5.74, 6) is 1.69. The van der Waals surface area contributed by atoms with Gasteiger partial charge in [0.2, 0.25) is 0 Å². The topological polar surface area (TPSA) is 13.1 Å². The van der Waals surface area contributed by atoms with E-state index < -0.39 is 0 Å². The predicted octanol–water partition coefficient (Wildman–Crippen LogP) is 3.34. The minimum atomic E-state index is 0.578. The Morgan fingerprint density at radius 3 is 2.92 bits per heavy atom. The van der Waals surface area contributed by atoms with Crippen molar-refractivity contribution in [1.82, 2.24) is 0 Å². The molecule has 0 fully saturated rings. The van der Waals surface area contributed by atoms with Gasteiger partial charge in [0, 0.05) is 6.42 Å². The molecule has 12 heavy (non-hydrogen) atoms. The summed E-state index contributed by atoms with van der Waals surface area (Å²) >= 11 is 0. The van der Waals surface area contributed by atoms with E-state index in [1.165, 1.54) is 5.56 Å². The first-order chi connectivity index (χ1) is 5.74. The van der Waals surface area contributed by atoms with Gasteiger partial charge in [-0.3, -0.25) is 0 Å². The third-order valence-electron chi connectivity index (χ3n) is 2.20. The fourth-order valence-electron chi connectivity index (χ4n) is 1.14. The van der Waals surface area contributed by atoms with Gasteiger partial charge < -0.3 is 4.42 Å². The third-order valence-corrected chi connectivity index (χ3v) is 2.20. The standard InChI is InChI=1S/C11H16O/c1-4-9(2)5-6-11-10(3)7-8-12-11/h4,7-9H,1,5-6H2,2-3H3. The van der Waals surface area contributed by atoms with Gasteiger partial charge in [0.25, 0.3) is 0 Å². The highest BCUT2D eigenvalue weighted by atomic mass is 16.3. The molecular weight excluding hydrogens is 148 g/mol. The molecule has 66 valence electrons. The molecule has 0 N–H and O–H groups in total. The largest absolute Gasteiger partial charge is 0.469 e. The second kappa shape index (κ2) is 4.15. The van der Waals surface area contributed by atoms with Crippen molar-refractivity contribution in [2.45, 2.75) is 26.7 Å². The Kier molecular flexibility index (Phi) is 3.15. The van der Waals surface area contributed by atoms with Crippen molar-refractivity contribution in [3.63, 3.8) is 0 Å². The quantitative estimate of drug-likeness (QED) is 0.622. The number of hydrogen-bond acceptors (Lipinski definition) is 1. The highest BCUT2D eigenvalue weighted by Gasteiger charge is 2.03. The Balaban J connectivity index is 2.43. The second-order valence-electron chi connectivity index (χ2n) is 3.28. The van der Waals surface area contributed by atoms with E-state index in [9.17, 15) is 0 Å². The molecule has 0 radical (unpaired) electrons. The summed E-state index contributed by atoms with van der Waals surface area (Å²) in [6.45, 7) is 8.01. The van der Waals surface area contributed by atoms with E-state index in [0.29, 0.717) is 5.92 Å². The first-order valence-corrected chi connectivity index (χ1v) is 4.39. The van der Waals surface area contributed by atoms with Crippen LogP contribution in [0.25, 0.3) is 0 Å². The number of rotatable bonds is 4. The molecule has 0 saturated heterocycles. The van der Waals surface area contributed by atoms with Crippen LogP contribution in [0.5, 0.6) is 0 Å². The molecule has 1 aromatic heterocycles. The molecule has 0 spiro atoms. The minimum Gasteiger partial charge on any atom is -0.469 e. The maximum Gasteiger partial charge on any atom is 0.106 e. The van der Waals surface area contributed by atoms with Gasteiger partial charge in [-0.2, -0.15) is 0 Å². The van der Waals surface area contributed by atoms with Gasteiger partial charge in [-0.1, -0.05) is 13.0 Å². The molecular formula is C11H16O. The van der Waals surface area contributed by atoms with Crippen LogP contribution in [-0.4, -0.2) is 0 Å². The summed E-state index contributed by atoms with van der Waals surface area (Å²) in [5, 5.41) is 0. The zero-order valence-corrected chi connectivity index (χ0v) is 7.84. The van der Waals surface area contributed by atoms with Crippen molar-refractivity contribution in [3.05, 3.63) is 36.3 Å². The number of aryl methyl sites for hydroxylation is 2. The van der Waals surface area contributed by atoms with Crippen LogP contribution in [0.1, 0.15) is 24.7 Å². The van der Waals surface area contributed by atoms with Crippen molar-refractivity contribution in [1.29, 1.82) is 0 Å². The van der Waals surface area contributed by atoms with Gasteiger partial charge >= 0.3 is 0 Å². The molecule has 1 atom stereocenters. The Labute approximate surface area is 74.1 Å². The normalized spacial score (nSPS) is 12.8. The molecule has 0 aliphatic rings. The number of hydrogen-bond donors (Lipinski definition) is 0. The van der Waals surface area contributed by atoms with Crippen LogP contribution >= 0.6 is 0 Å². The van der Waals surface area contributed by atoms with Crippen LogP contribution in [0.4, 0.5) is 0 Å². The summed E-state index contributed by atoms with van der Waals surface area (Å²) < 4.78 is 5.32. The molecule has 0 bridgehead atoms. The van der Waals surface area contributed by atoms with Gasteiger partial charge in [0.15, 0.2) is 0 Å². The van der Waals surface area contributed by atoms with Crippen molar-refractivity contribution in [3.8, 4) is 0 Å². The lowest BCUT2D eigenvalue weighted by molar-refractivity contribution is 0.484. The SMILES string of the molecule is C=CC(C)CCc1occc1C. The molecule has 1 nitrogen and oxygen atoms in total. The fourth-order valence-corrected chi connectivity index (χ4v) is 1.14. The molecule has 0 aromatic carbocycles. The highest BCUT2D eigenvalue weighted by Crippen LogP contribution is 2.14. The first-order valence-electron chi connectivity index (χ1n) is 4.39. The Bertz CT molecular complexity index is 247. The molecule has 1 rings (SSSR count). The van der Waals surface area contributed by atoms with Crippen molar-refractivity contribution < 1.29 is 4.42 Å². The number of furan rings is 1. The smallest absolute Gasteiger partial charge is 0.106 e. The molecule has 1 heterocycles. The van der Waals surface area contributed by atoms with Gasteiger partial charge in [-0.05, 0) is 30.9 Å². The monoisotopic (exact) mass is 164 g/mol. The average Bonchev–Trinajstić information content (AvgIpc) is 2.47. The van der Waals surface area contributed by atoms with Gasteiger partial charge in [0.1, 0.15) is 5.76 Å². The molecule has 0 aliphatic heterocycles. The van der Waals surface area contributed by atoms with Crippen LogP contribution in [-0.2, 0) is 6.42 Å². The van der Waals surface area contributed by atoms with Gasteiger partial charge in [-0.15, -0.1) is 6.58 Å². The molecule has 0 aliphatic carbocycles. The summed E-state index contributed by atoms with van der Waals surface area (Å²) in [4.78, 5) is 0. The average molecular weight is 164 g/mol. The lowest BCUT2D eigenvalue weighted by Crippen LogP contribution is -1.93. The minimum absolute atomic E-state index is 0.578. The fraction of sp³-hybridized carbons (Fsp3) is 0.455. The van der Waals surface area contributed by atoms with Gasteiger partial charge in [-0.25, -0.2) is 0 Å². The first kappa shape index (κ1) is 9.11. The third kappa shape index (κ3) is 2.26. The second-order valence-corrected chi connectivity index (χ2v) is 3.28. The van der Waals surface area contributed by atoms with Crippen LogP contribution < -0.4 is 0 Å². The van der Waals surface area contributed by atoms with Crippen molar-refractivity contribution >= 4 is 0 Å². The van der Waals surface area contributed by atoms with E-state index in [0.717, 1.165) is 18.6 Å². The lowest BCUT2D eigenvalue weighted by Gasteiger charge is -2.03. The van der Waals surface area contributed by atoms with E-state index in [-0.39, 0.29) is 0 Å². The Morgan fingerprint density at radius 2 is 2.42 bits per heavy atom. The maximum absolute atomic E-state index is 5.32. The van der Waals surface area contributed by atoms with Crippen LogP contribution in [0, 0.1) is 12.8 Å². The van der Waals surface area contributed by atoms with Crippen LogP contribution in [0.3, 0.4) is 0 Å². The van der Waals surface area contributed by atoms with E-state index in [4.69, 9.17) is 4.42 Å². The Morgan fingerprint density at radius 1 is 1.67 bits per heavy atom. The number of allylic oxidation sites excluding steroid dienone is 1. The van der Waals surface area contributed by atoms with E-state index in [1.807, 2.05) is 12.1 Å². The maximum atomic E-state index is 5.32. The highest BCUT2D eigenvalue weighted by molar-refractivity contribution is 5.14. The summed E-state index contributed by atoms with van der Waals surface area (Å²) in [5.41, 5.74) is 1.26. The molecule has 0 amide bonds. The Hall–Kier alpha value is -0.980. The molecule has 1 aromatic rings. The molecule has 0 saturated carbocycles. The predicted molar refractivity (Wildman–Crippen MR) is 51.1 cm³/mol. The van der Waals surface area contributed by atoms with Gasteiger partial charge in [0.05, 0.1) is 6.26 Å². The van der Waals surface area contributed by atoms with Crippen LogP contribution in [0.15, 0.2) is 29.4 Å². The lowest BCUT2D eigenvalue weighted by atomic mass is 10.0. The molecule has 1 heteroatoms. The zero-order valence-electron chi connectivity index (χ0n) is 7.84. The van der Waals surface area contributed by atoms with Crippen LogP contribution in [0.2, 0.25) is 0 Å². The van der Waals surface area contributed by atoms with Crippen molar-refractivity contribution in [2.24, 2.45) is 5.92 Å². The van der Waals surface area contributed by atoms with E-state index in [2.05, 4.69) is 20.4 Å². The van der Waals surface area contributed by atoms with E-state index in [1.54, 1.807) is 6.26 Å². The summed E-state index contributed by atoms with van der Waals surface area (Å²) in [6, 6.07) is 2.01. The van der Waals surface area contributed by atoms with E-state index >= 15 is 0 Å². The summed E-state index contributed by atoms with van der Waals surface area (Å²) in [7, 11) is 0. The zero-order chi connectivity index (χ0) is 8.97. The summed E-state index contributed by atoms with van der Waals surface area (Å²) in [6.07, 6.45) is 5.88. The molecule has 1 unspecified atom stereocenters.